The lowest BCUT2D eigenvalue weighted by Crippen LogP contribution is -2.59. The first-order valence-electron chi connectivity index (χ1n) is 10.7. The summed E-state index contributed by atoms with van der Waals surface area (Å²) >= 11 is 5.77. The molecule has 180 valence electrons. The number of ether oxygens (including phenoxy) is 2. The number of carbonyl (C=O) groups excluding carboxylic acids is 4. The van der Waals surface area contributed by atoms with E-state index in [2.05, 4.69) is 20.9 Å². The summed E-state index contributed by atoms with van der Waals surface area (Å²) in [4.78, 5) is 54.8. The Kier molecular flexibility index (Phi) is 7.62. The van der Waals surface area contributed by atoms with Gasteiger partial charge in [-0.15, -0.1) is 0 Å². The highest BCUT2D eigenvalue weighted by Gasteiger charge is 2.39. The van der Waals surface area contributed by atoms with Gasteiger partial charge in [-0.05, 0) is 52.2 Å². The summed E-state index contributed by atoms with van der Waals surface area (Å²) in [7, 11) is 0. The van der Waals surface area contributed by atoms with Crippen LogP contribution in [0.15, 0.2) is 18.3 Å². The van der Waals surface area contributed by atoms with E-state index in [9.17, 15) is 19.2 Å². The van der Waals surface area contributed by atoms with Gasteiger partial charge in [-0.3, -0.25) is 9.59 Å². The molecule has 3 rings (SSSR count). The molecule has 1 aliphatic heterocycles. The first-order valence-corrected chi connectivity index (χ1v) is 11.1. The molecule has 0 radical (unpaired) electrons. The molecular weight excluding hydrogens is 454 g/mol. The normalized spacial score (nSPS) is 22.8. The van der Waals surface area contributed by atoms with Crippen LogP contribution >= 0.6 is 11.6 Å². The third kappa shape index (κ3) is 6.95. The van der Waals surface area contributed by atoms with Gasteiger partial charge in [0.2, 0.25) is 0 Å². The molecular formula is C21H28ClN5O6. The van der Waals surface area contributed by atoms with E-state index >= 15 is 0 Å². The molecule has 0 unspecified atom stereocenters. The number of carbonyl (C=O) groups is 4. The van der Waals surface area contributed by atoms with Gasteiger partial charge in [0.15, 0.2) is 0 Å². The molecule has 2 fully saturated rings. The van der Waals surface area contributed by atoms with Crippen molar-refractivity contribution in [2.24, 2.45) is 0 Å². The van der Waals surface area contributed by atoms with Crippen LogP contribution < -0.4 is 16.0 Å². The Morgan fingerprint density at radius 1 is 1.15 bits per heavy atom. The molecule has 2 aliphatic rings. The molecule has 0 aromatic carbocycles. The fraction of sp³-hybridized carbons (Fsp3) is 0.571. The molecule has 12 heteroatoms. The van der Waals surface area contributed by atoms with Crippen LogP contribution in [0.1, 0.15) is 40.0 Å². The Morgan fingerprint density at radius 3 is 2.52 bits per heavy atom. The molecule has 2 heterocycles. The van der Waals surface area contributed by atoms with Crippen molar-refractivity contribution in [1.82, 2.24) is 20.5 Å². The molecule has 1 saturated heterocycles. The third-order valence-corrected chi connectivity index (χ3v) is 5.47. The third-order valence-electron chi connectivity index (χ3n) is 5.25. The first-order chi connectivity index (χ1) is 15.5. The minimum atomic E-state index is -0.897. The molecule has 1 aromatic heterocycles. The minimum absolute atomic E-state index is 0.166. The predicted octanol–water partition coefficient (Wildman–Crippen LogP) is 2.06. The van der Waals surface area contributed by atoms with Crippen LogP contribution in [-0.2, 0) is 19.1 Å². The van der Waals surface area contributed by atoms with Crippen molar-refractivity contribution in [1.29, 1.82) is 0 Å². The largest absolute Gasteiger partial charge is 0.448 e. The number of nitrogens with zero attached hydrogens (tertiary/aromatic N) is 2. The summed E-state index contributed by atoms with van der Waals surface area (Å²) in [6, 6.07) is 1.75. The Morgan fingerprint density at radius 2 is 1.91 bits per heavy atom. The van der Waals surface area contributed by atoms with Crippen LogP contribution in [0.5, 0.6) is 0 Å². The Balaban J connectivity index is 1.65. The van der Waals surface area contributed by atoms with Crippen molar-refractivity contribution in [2.75, 3.05) is 18.5 Å². The number of aromatic nitrogens is 1. The minimum Gasteiger partial charge on any atom is -0.448 e. The van der Waals surface area contributed by atoms with E-state index < -0.39 is 41.7 Å². The van der Waals surface area contributed by atoms with Crippen molar-refractivity contribution in [3.8, 4) is 0 Å². The fourth-order valence-electron chi connectivity index (χ4n) is 3.82. The lowest BCUT2D eigenvalue weighted by molar-refractivity contribution is -0.137. The first kappa shape index (κ1) is 24.6. The van der Waals surface area contributed by atoms with Crippen LogP contribution in [0.2, 0.25) is 5.02 Å². The molecule has 1 saturated carbocycles. The van der Waals surface area contributed by atoms with E-state index in [0.29, 0.717) is 37.4 Å². The summed E-state index contributed by atoms with van der Waals surface area (Å²) in [5, 5.41) is 8.26. The molecule has 1 aromatic rings. The van der Waals surface area contributed by atoms with Gasteiger partial charge in [0.1, 0.15) is 18.0 Å². The van der Waals surface area contributed by atoms with Crippen LogP contribution in [0.25, 0.3) is 0 Å². The van der Waals surface area contributed by atoms with E-state index in [1.165, 1.54) is 18.3 Å². The highest BCUT2D eigenvalue weighted by molar-refractivity contribution is 6.39. The van der Waals surface area contributed by atoms with Crippen molar-refractivity contribution in [3.05, 3.63) is 23.4 Å². The van der Waals surface area contributed by atoms with Gasteiger partial charge in [-0.2, -0.15) is 0 Å². The standard InChI is InChI=1S/C21H28ClN5O6/c1-21(2,3)33-19(30)25-15-10-13(27-8-9-32-20(27)31)5-6-14(15)24-17(28)18(29)26-16-7-4-12(22)11-23-16/h4,7,11,13-15H,5-6,8-10H2,1-3H3,(H,24,28)(H,25,30)(H,23,26,29)/t13-,14-,15+/m0/s1. The topological polar surface area (TPSA) is 139 Å². The van der Waals surface area contributed by atoms with Crippen molar-refractivity contribution < 1.29 is 28.7 Å². The van der Waals surface area contributed by atoms with E-state index in [0.717, 1.165) is 0 Å². The second kappa shape index (κ2) is 10.2. The lowest BCUT2D eigenvalue weighted by atomic mass is 9.85. The molecule has 0 spiro atoms. The quantitative estimate of drug-likeness (QED) is 0.559. The van der Waals surface area contributed by atoms with E-state index in [1.807, 2.05) is 0 Å². The van der Waals surface area contributed by atoms with Crippen molar-refractivity contribution >= 4 is 41.4 Å². The summed E-state index contributed by atoms with van der Waals surface area (Å²) in [5.41, 5.74) is -0.707. The molecule has 1 aliphatic carbocycles. The fourth-order valence-corrected chi connectivity index (χ4v) is 3.93. The molecule has 3 atom stereocenters. The van der Waals surface area contributed by atoms with Gasteiger partial charge < -0.3 is 30.3 Å². The molecule has 4 amide bonds. The monoisotopic (exact) mass is 481 g/mol. The maximum Gasteiger partial charge on any atom is 0.410 e. The van der Waals surface area contributed by atoms with E-state index in [4.69, 9.17) is 21.1 Å². The van der Waals surface area contributed by atoms with Crippen molar-refractivity contribution in [3.63, 3.8) is 0 Å². The van der Waals surface area contributed by atoms with Crippen LogP contribution in [-0.4, -0.2) is 70.8 Å². The number of hydrogen-bond acceptors (Lipinski definition) is 7. The molecule has 0 bridgehead atoms. The second-order valence-electron chi connectivity index (χ2n) is 8.92. The average molecular weight is 482 g/mol. The number of pyridine rings is 1. The Labute approximate surface area is 196 Å². The number of nitrogens with one attached hydrogen (secondary N) is 3. The zero-order valence-electron chi connectivity index (χ0n) is 18.7. The lowest BCUT2D eigenvalue weighted by Gasteiger charge is -2.39. The van der Waals surface area contributed by atoms with Gasteiger partial charge in [-0.25, -0.2) is 14.6 Å². The summed E-state index contributed by atoms with van der Waals surface area (Å²) < 4.78 is 10.4. The van der Waals surface area contributed by atoms with Crippen molar-refractivity contribution in [2.45, 2.75) is 63.8 Å². The average Bonchev–Trinajstić information content (AvgIpc) is 3.15. The highest BCUT2D eigenvalue weighted by Crippen LogP contribution is 2.26. The maximum atomic E-state index is 12.5. The predicted molar refractivity (Wildman–Crippen MR) is 119 cm³/mol. The number of anilines is 1. The van der Waals surface area contributed by atoms with Gasteiger partial charge in [-0.1, -0.05) is 11.6 Å². The van der Waals surface area contributed by atoms with E-state index in [-0.39, 0.29) is 11.9 Å². The highest BCUT2D eigenvalue weighted by atomic mass is 35.5. The number of halogens is 1. The smallest absolute Gasteiger partial charge is 0.410 e. The maximum absolute atomic E-state index is 12.5. The van der Waals surface area contributed by atoms with Gasteiger partial charge in [0.05, 0.1) is 17.6 Å². The zero-order chi connectivity index (χ0) is 24.2. The van der Waals surface area contributed by atoms with Gasteiger partial charge in [0, 0.05) is 18.3 Å². The number of hydrogen-bond donors (Lipinski definition) is 3. The van der Waals surface area contributed by atoms with Crippen LogP contribution in [0.4, 0.5) is 15.4 Å². The summed E-state index contributed by atoms with van der Waals surface area (Å²) in [6.07, 6.45) is 1.69. The Hall–Kier alpha value is -3.08. The number of cyclic esters (lactones) is 1. The number of amides is 4. The Bertz CT molecular complexity index is 903. The van der Waals surface area contributed by atoms with Gasteiger partial charge >= 0.3 is 24.0 Å². The van der Waals surface area contributed by atoms with Crippen LogP contribution in [0.3, 0.4) is 0 Å². The van der Waals surface area contributed by atoms with E-state index in [1.54, 1.807) is 25.7 Å². The number of alkyl carbamates (subject to hydrolysis) is 1. The van der Waals surface area contributed by atoms with Crippen LogP contribution in [0, 0.1) is 0 Å². The van der Waals surface area contributed by atoms with Gasteiger partial charge in [0.25, 0.3) is 0 Å². The zero-order valence-corrected chi connectivity index (χ0v) is 19.5. The molecule has 11 nitrogen and oxygen atoms in total. The summed E-state index contributed by atoms with van der Waals surface area (Å²) in [6.45, 7) is 6.01. The summed E-state index contributed by atoms with van der Waals surface area (Å²) in [5.74, 6) is -1.59. The SMILES string of the molecule is CC(C)(C)OC(=O)N[C@@H]1C[C@@H](N2CCOC2=O)CC[C@@H]1NC(=O)C(=O)Nc1ccc(Cl)cn1. The number of rotatable bonds is 4. The molecule has 3 N–H and O–H groups in total. The molecule has 33 heavy (non-hydrogen) atoms. The second-order valence-corrected chi connectivity index (χ2v) is 9.36.